The summed E-state index contributed by atoms with van der Waals surface area (Å²) in [4.78, 5) is 17.3. The second-order valence-corrected chi connectivity index (χ2v) is 12.0. The molecular weight excluding hydrogens is 536 g/mol. The molecule has 9 heteroatoms. The van der Waals surface area contributed by atoms with Gasteiger partial charge in [-0.3, -0.25) is 14.1 Å². The number of aryl methyl sites for hydroxylation is 1. The molecule has 0 unspecified atom stereocenters. The standard InChI is InChI=1S/C32H28N4O4S/c1-20-5-7-21(8-6-20)31-30(32(37)33-2)26-18-25(28(19-29(26)40-31)35(3)41(4,38)39)22-9-10-27-23(17-22)13-16-36(27)24-11-14-34-15-12-24/h5-19H,1-4H3,(H,33,37). The zero-order valence-corrected chi connectivity index (χ0v) is 23.9. The van der Waals surface area contributed by atoms with Gasteiger partial charge in [0.1, 0.15) is 11.3 Å². The molecule has 41 heavy (non-hydrogen) atoms. The SMILES string of the molecule is CNC(=O)c1c(-c2ccc(C)cc2)oc2cc(N(C)S(C)(=O)=O)c(-c3ccc4c(ccn4-c4ccncc4)c3)cc12. The van der Waals surface area contributed by atoms with Gasteiger partial charge in [-0.2, -0.15) is 0 Å². The fourth-order valence-corrected chi connectivity index (χ4v) is 5.61. The maximum atomic E-state index is 13.2. The van der Waals surface area contributed by atoms with E-state index in [0.29, 0.717) is 33.5 Å². The Morgan fingerprint density at radius 2 is 1.66 bits per heavy atom. The maximum Gasteiger partial charge on any atom is 0.255 e. The smallest absolute Gasteiger partial charge is 0.255 e. The van der Waals surface area contributed by atoms with Crippen molar-refractivity contribution in [2.24, 2.45) is 0 Å². The van der Waals surface area contributed by atoms with Gasteiger partial charge in [0.05, 0.1) is 23.0 Å². The van der Waals surface area contributed by atoms with Gasteiger partial charge in [-0.15, -0.1) is 0 Å². The average Bonchev–Trinajstić information content (AvgIpc) is 3.57. The first-order valence-electron chi connectivity index (χ1n) is 13.0. The largest absolute Gasteiger partial charge is 0.455 e. The lowest BCUT2D eigenvalue weighted by atomic mass is 9.97. The minimum atomic E-state index is -3.61. The number of fused-ring (bicyclic) bond motifs is 2. The lowest BCUT2D eigenvalue weighted by Gasteiger charge is -2.21. The number of rotatable bonds is 6. The molecule has 0 saturated carbocycles. The van der Waals surface area contributed by atoms with Gasteiger partial charge >= 0.3 is 0 Å². The normalized spacial score (nSPS) is 11.7. The quantitative estimate of drug-likeness (QED) is 0.261. The first-order chi connectivity index (χ1) is 19.7. The van der Waals surface area contributed by atoms with Crippen LogP contribution in [-0.4, -0.2) is 44.2 Å². The Kier molecular flexibility index (Phi) is 6.38. The van der Waals surface area contributed by atoms with Crippen LogP contribution < -0.4 is 9.62 Å². The molecule has 0 spiro atoms. The molecule has 8 nitrogen and oxygen atoms in total. The van der Waals surface area contributed by atoms with Gasteiger partial charge in [-0.1, -0.05) is 35.9 Å². The Bertz CT molecular complexity index is 2040. The zero-order chi connectivity index (χ0) is 28.9. The van der Waals surface area contributed by atoms with E-state index in [9.17, 15) is 13.2 Å². The number of nitrogens with one attached hydrogen (secondary N) is 1. The molecule has 0 saturated heterocycles. The molecule has 6 aromatic rings. The molecular formula is C32H28N4O4S. The van der Waals surface area contributed by atoms with Crippen LogP contribution in [0.15, 0.2) is 95.8 Å². The highest BCUT2D eigenvalue weighted by molar-refractivity contribution is 7.92. The van der Waals surface area contributed by atoms with Crippen LogP contribution in [0.2, 0.25) is 0 Å². The molecule has 3 aromatic heterocycles. The van der Waals surface area contributed by atoms with Crippen molar-refractivity contribution in [2.45, 2.75) is 6.92 Å². The molecule has 206 valence electrons. The number of pyridine rings is 1. The summed E-state index contributed by atoms with van der Waals surface area (Å²) in [5, 5.41) is 4.30. The van der Waals surface area contributed by atoms with Crippen molar-refractivity contribution in [3.05, 3.63) is 103 Å². The highest BCUT2D eigenvalue weighted by atomic mass is 32.2. The summed E-state index contributed by atoms with van der Waals surface area (Å²) in [6.45, 7) is 1.99. The molecule has 3 heterocycles. The summed E-state index contributed by atoms with van der Waals surface area (Å²) in [5.41, 5.74) is 6.53. The molecule has 0 fully saturated rings. The van der Waals surface area contributed by atoms with Gasteiger partial charge < -0.3 is 14.3 Å². The van der Waals surface area contributed by atoms with Crippen LogP contribution in [0.25, 0.3) is 50.0 Å². The van der Waals surface area contributed by atoms with Gasteiger partial charge in [0.25, 0.3) is 5.91 Å². The third-order valence-electron chi connectivity index (χ3n) is 7.35. The molecule has 0 atom stereocenters. The van der Waals surface area contributed by atoms with Crippen molar-refractivity contribution >= 4 is 43.5 Å². The van der Waals surface area contributed by atoms with E-state index in [4.69, 9.17) is 4.42 Å². The van der Waals surface area contributed by atoms with Crippen LogP contribution in [-0.2, 0) is 10.0 Å². The minimum absolute atomic E-state index is 0.292. The lowest BCUT2D eigenvalue weighted by molar-refractivity contribution is 0.0964. The lowest BCUT2D eigenvalue weighted by Crippen LogP contribution is -2.25. The highest BCUT2D eigenvalue weighted by Crippen LogP contribution is 2.42. The minimum Gasteiger partial charge on any atom is -0.455 e. The molecule has 3 aromatic carbocycles. The van der Waals surface area contributed by atoms with Crippen LogP contribution in [0, 0.1) is 6.92 Å². The van der Waals surface area contributed by atoms with Crippen molar-refractivity contribution in [3.63, 3.8) is 0 Å². The summed E-state index contributed by atoms with van der Waals surface area (Å²) in [6, 6.07) is 23.1. The summed E-state index contributed by atoms with van der Waals surface area (Å²) < 4.78 is 35.0. The molecule has 0 radical (unpaired) electrons. The van der Waals surface area contributed by atoms with Crippen molar-refractivity contribution < 1.29 is 17.6 Å². The number of aromatic nitrogens is 2. The number of hydrogen-bond donors (Lipinski definition) is 1. The molecule has 1 N–H and O–H groups in total. The van der Waals surface area contributed by atoms with Crippen LogP contribution >= 0.6 is 0 Å². The summed E-state index contributed by atoms with van der Waals surface area (Å²) in [7, 11) is -0.515. The Morgan fingerprint density at radius 3 is 2.34 bits per heavy atom. The Morgan fingerprint density at radius 1 is 0.951 bits per heavy atom. The molecule has 0 aliphatic heterocycles. The molecule has 0 bridgehead atoms. The number of carbonyl (C=O) groups is 1. The van der Waals surface area contributed by atoms with Crippen LogP contribution in [0.4, 0.5) is 5.69 Å². The van der Waals surface area contributed by atoms with Gasteiger partial charge in [0.2, 0.25) is 10.0 Å². The van der Waals surface area contributed by atoms with Gasteiger partial charge in [-0.25, -0.2) is 8.42 Å². The van der Waals surface area contributed by atoms with Crippen LogP contribution in [0.3, 0.4) is 0 Å². The molecule has 6 rings (SSSR count). The zero-order valence-electron chi connectivity index (χ0n) is 23.0. The van der Waals surface area contributed by atoms with Crippen LogP contribution in [0.5, 0.6) is 0 Å². The number of benzene rings is 3. The fourth-order valence-electron chi connectivity index (χ4n) is 5.10. The number of nitrogens with zero attached hydrogens (tertiary/aromatic N) is 3. The average molecular weight is 565 g/mol. The first-order valence-corrected chi connectivity index (χ1v) is 14.9. The molecule has 0 aliphatic rings. The topological polar surface area (TPSA) is 97.4 Å². The van der Waals surface area contributed by atoms with E-state index in [1.54, 1.807) is 25.5 Å². The van der Waals surface area contributed by atoms with E-state index >= 15 is 0 Å². The van der Waals surface area contributed by atoms with Gasteiger partial charge in [-0.05, 0) is 48.9 Å². The Labute approximate surface area is 237 Å². The number of sulfonamides is 1. The summed E-state index contributed by atoms with van der Waals surface area (Å²) in [5.74, 6) is 0.133. The molecule has 1 amide bonds. The number of amides is 1. The van der Waals surface area contributed by atoms with Crippen molar-refractivity contribution in [1.29, 1.82) is 0 Å². The van der Waals surface area contributed by atoms with E-state index < -0.39 is 10.0 Å². The second-order valence-electron chi connectivity index (χ2n) is 10.0. The third-order valence-corrected chi connectivity index (χ3v) is 8.54. The van der Waals surface area contributed by atoms with Crippen molar-refractivity contribution in [1.82, 2.24) is 14.9 Å². The number of carbonyl (C=O) groups excluding carboxylic acids is 1. The van der Waals surface area contributed by atoms with Crippen molar-refractivity contribution in [3.8, 4) is 28.1 Å². The second kappa shape index (κ2) is 9.94. The number of furan rings is 1. The Hall–Kier alpha value is -4.89. The monoisotopic (exact) mass is 564 g/mol. The van der Waals surface area contributed by atoms with Gasteiger partial charge in [0.15, 0.2) is 0 Å². The van der Waals surface area contributed by atoms with E-state index in [0.717, 1.165) is 39.5 Å². The fraction of sp³-hybridized carbons (Fsp3) is 0.125. The van der Waals surface area contributed by atoms with E-state index in [2.05, 4.69) is 14.9 Å². The number of anilines is 1. The predicted molar refractivity (Wildman–Crippen MR) is 163 cm³/mol. The van der Waals surface area contributed by atoms with E-state index in [1.165, 1.54) is 11.4 Å². The Balaban J connectivity index is 1.61. The first kappa shape index (κ1) is 26.3. The summed E-state index contributed by atoms with van der Waals surface area (Å²) in [6.07, 6.45) is 6.65. The predicted octanol–water partition coefficient (Wildman–Crippen LogP) is 6.17. The highest BCUT2D eigenvalue weighted by Gasteiger charge is 2.26. The molecule has 0 aliphatic carbocycles. The number of hydrogen-bond acceptors (Lipinski definition) is 5. The van der Waals surface area contributed by atoms with Crippen molar-refractivity contribution in [2.75, 3.05) is 24.7 Å². The maximum absolute atomic E-state index is 13.2. The van der Waals surface area contributed by atoms with Gasteiger partial charge in [0, 0.05) is 66.3 Å². The summed E-state index contributed by atoms with van der Waals surface area (Å²) >= 11 is 0. The van der Waals surface area contributed by atoms with E-state index in [1.807, 2.05) is 79.9 Å². The third kappa shape index (κ3) is 4.64. The van der Waals surface area contributed by atoms with Crippen LogP contribution in [0.1, 0.15) is 15.9 Å². The van der Waals surface area contributed by atoms with E-state index in [-0.39, 0.29) is 5.91 Å².